The third-order valence-electron chi connectivity index (χ3n) is 8.22. The van der Waals surface area contributed by atoms with Gasteiger partial charge in [-0.1, -0.05) is 50.6 Å². The molecular formula is C32H36ClNO5. The Balaban J connectivity index is 1.46. The Kier molecular flexibility index (Phi) is 7.38. The normalized spacial score (nSPS) is 20.8. The number of carbonyl (C=O) groups is 1. The number of pyridine rings is 1. The van der Waals surface area contributed by atoms with Gasteiger partial charge in [0.25, 0.3) is 0 Å². The number of methoxy groups -OCH3 is 2. The maximum absolute atomic E-state index is 11.7. The van der Waals surface area contributed by atoms with Crippen LogP contribution in [-0.2, 0) is 28.0 Å². The summed E-state index contributed by atoms with van der Waals surface area (Å²) >= 11 is 6.60. The number of aryl methyl sites for hydroxylation is 1. The summed E-state index contributed by atoms with van der Waals surface area (Å²) in [7, 11) is 3.31. The van der Waals surface area contributed by atoms with Crippen LogP contribution in [0.15, 0.2) is 48.7 Å². The molecule has 206 valence electrons. The summed E-state index contributed by atoms with van der Waals surface area (Å²) in [4.78, 5) is 16.0. The number of hydrogen-bond acceptors (Lipinski definition) is 5. The standard InChI is InChI=1S/C32H36ClNO5/c1-31(2,3)29(38-5)24-13-19(8-11-22(24)23-15-28(37-4)34-17-27(23)33)18-39-21-10-9-20-7-6-12-32(25(20)14-21)16-26(32)30(35)36/h8-11,13-15,17,26,29H,6-7,12,16,18H2,1-5H3,(H,35,36)/t26-,29+,32-/m1/s1. The molecule has 0 bridgehead atoms. The fourth-order valence-electron chi connectivity index (χ4n) is 6.27. The highest BCUT2D eigenvalue weighted by Gasteiger charge is 2.60. The lowest BCUT2D eigenvalue weighted by Gasteiger charge is -2.32. The van der Waals surface area contributed by atoms with Crippen molar-refractivity contribution < 1.29 is 24.1 Å². The summed E-state index contributed by atoms with van der Waals surface area (Å²) in [5, 5.41) is 10.2. The van der Waals surface area contributed by atoms with Gasteiger partial charge in [-0.3, -0.25) is 4.79 Å². The van der Waals surface area contributed by atoms with Crippen molar-refractivity contribution in [3.8, 4) is 22.8 Å². The second-order valence-electron chi connectivity index (χ2n) is 11.8. The molecule has 6 nitrogen and oxygen atoms in total. The number of carboxylic acids is 1. The second kappa shape index (κ2) is 10.5. The Morgan fingerprint density at radius 3 is 2.62 bits per heavy atom. The van der Waals surface area contributed by atoms with Crippen molar-refractivity contribution in [2.24, 2.45) is 11.3 Å². The van der Waals surface area contributed by atoms with E-state index >= 15 is 0 Å². The van der Waals surface area contributed by atoms with Crippen LogP contribution in [0.1, 0.15) is 68.4 Å². The SMILES string of the molecule is COc1cc(-c2ccc(COc3ccc4c(c3)[C@@]3(CCC4)C[C@@H]3C(=O)O)cc2[C@H](OC)C(C)(C)C)c(Cl)cn1. The fourth-order valence-corrected chi connectivity index (χ4v) is 6.48. The molecule has 2 aliphatic rings. The number of rotatable bonds is 8. The zero-order chi connectivity index (χ0) is 27.9. The number of fused-ring (bicyclic) bond motifs is 2. The quantitative estimate of drug-likeness (QED) is 0.315. The minimum Gasteiger partial charge on any atom is -0.489 e. The van der Waals surface area contributed by atoms with Crippen LogP contribution in [0.3, 0.4) is 0 Å². The van der Waals surface area contributed by atoms with Crippen molar-refractivity contribution >= 4 is 17.6 Å². The highest BCUT2D eigenvalue weighted by Crippen LogP contribution is 2.60. The van der Waals surface area contributed by atoms with Crippen LogP contribution in [0.5, 0.6) is 11.6 Å². The average molecular weight is 550 g/mol. The van der Waals surface area contributed by atoms with Gasteiger partial charge in [-0.2, -0.15) is 0 Å². The molecule has 39 heavy (non-hydrogen) atoms. The molecule has 0 unspecified atom stereocenters. The Morgan fingerprint density at radius 2 is 1.95 bits per heavy atom. The molecule has 1 spiro atoms. The van der Waals surface area contributed by atoms with Gasteiger partial charge in [0.15, 0.2) is 0 Å². The van der Waals surface area contributed by atoms with Crippen LogP contribution < -0.4 is 9.47 Å². The predicted octanol–water partition coefficient (Wildman–Crippen LogP) is 7.40. The molecule has 1 N–H and O–H groups in total. The van der Waals surface area contributed by atoms with E-state index in [2.05, 4.69) is 50.0 Å². The summed E-state index contributed by atoms with van der Waals surface area (Å²) in [5.74, 6) is 0.269. The van der Waals surface area contributed by atoms with Crippen LogP contribution >= 0.6 is 11.6 Å². The smallest absolute Gasteiger partial charge is 0.307 e. The monoisotopic (exact) mass is 549 g/mol. The van der Waals surface area contributed by atoms with E-state index in [1.165, 1.54) is 5.56 Å². The average Bonchev–Trinajstić information content (AvgIpc) is 3.63. The minimum absolute atomic E-state index is 0.176. The number of hydrogen-bond donors (Lipinski definition) is 1. The zero-order valence-corrected chi connectivity index (χ0v) is 24.0. The third-order valence-corrected chi connectivity index (χ3v) is 8.52. The van der Waals surface area contributed by atoms with Gasteiger partial charge in [0.05, 0.1) is 30.4 Å². The molecule has 0 radical (unpaired) electrons. The molecule has 0 aliphatic heterocycles. The molecule has 1 saturated carbocycles. The van der Waals surface area contributed by atoms with E-state index < -0.39 is 5.97 Å². The predicted molar refractivity (Wildman–Crippen MR) is 152 cm³/mol. The summed E-state index contributed by atoms with van der Waals surface area (Å²) in [6, 6.07) is 14.2. The lowest BCUT2D eigenvalue weighted by molar-refractivity contribution is -0.139. The molecule has 3 aromatic rings. The van der Waals surface area contributed by atoms with Crippen LogP contribution in [0, 0.1) is 11.3 Å². The number of halogens is 1. The highest BCUT2D eigenvalue weighted by molar-refractivity contribution is 6.33. The molecule has 0 amide bonds. The molecular weight excluding hydrogens is 514 g/mol. The number of aromatic nitrogens is 1. The van der Waals surface area contributed by atoms with Gasteiger partial charge >= 0.3 is 5.97 Å². The number of nitrogens with zero attached hydrogens (tertiary/aromatic N) is 1. The number of carboxylic acid groups (broad SMARTS) is 1. The Morgan fingerprint density at radius 1 is 1.15 bits per heavy atom. The van der Waals surface area contributed by atoms with Crippen LogP contribution in [0.2, 0.25) is 5.02 Å². The Hall–Kier alpha value is -3.09. The number of aliphatic carboxylic acids is 1. The third kappa shape index (κ3) is 5.24. The molecule has 1 heterocycles. The molecule has 0 saturated heterocycles. The first-order valence-corrected chi connectivity index (χ1v) is 13.8. The number of ether oxygens (including phenoxy) is 3. The first-order valence-electron chi connectivity index (χ1n) is 13.4. The van der Waals surface area contributed by atoms with Crippen molar-refractivity contribution in [2.45, 2.75) is 64.6 Å². The zero-order valence-electron chi connectivity index (χ0n) is 23.2. The van der Waals surface area contributed by atoms with Crippen molar-refractivity contribution in [2.75, 3.05) is 14.2 Å². The van der Waals surface area contributed by atoms with Crippen LogP contribution in [0.25, 0.3) is 11.1 Å². The summed E-state index contributed by atoms with van der Waals surface area (Å²) in [5.41, 5.74) is 5.80. The van der Waals surface area contributed by atoms with Crippen molar-refractivity contribution in [1.29, 1.82) is 0 Å². The van der Waals surface area contributed by atoms with E-state index in [1.807, 2.05) is 18.2 Å². The van der Waals surface area contributed by atoms with E-state index in [1.54, 1.807) is 20.4 Å². The lowest BCUT2D eigenvalue weighted by Crippen LogP contribution is -2.21. The molecule has 7 heteroatoms. The lowest BCUT2D eigenvalue weighted by atomic mass is 9.78. The van der Waals surface area contributed by atoms with Crippen molar-refractivity contribution in [1.82, 2.24) is 4.98 Å². The van der Waals surface area contributed by atoms with E-state index in [0.29, 0.717) is 17.5 Å². The summed E-state index contributed by atoms with van der Waals surface area (Å²) in [6.07, 6.45) is 5.08. The molecule has 2 aromatic carbocycles. The maximum atomic E-state index is 11.7. The van der Waals surface area contributed by atoms with E-state index in [0.717, 1.165) is 59.3 Å². The molecule has 1 aromatic heterocycles. The summed E-state index contributed by atoms with van der Waals surface area (Å²) in [6.45, 7) is 6.81. The van der Waals surface area contributed by atoms with Gasteiger partial charge < -0.3 is 19.3 Å². The molecule has 3 atom stereocenters. The van der Waals surface area contributed by atoms with Gasteiger partial charge in [0, 0.05) is 24.2 Å². The van der Waals surface area contributed by atoms with Gasteiger partial charge in [-0.15, -0.1) is 0 Å². The van der Waals surface area contributed by atoms with Crippen LogP contribution in [-0.4, -0.2) is 30.3 Å². The highest BCUT2D eigenvalue weighted by atomic mass is 35.5. The maximum Gasteiger partial charge on any atom is 0.307 e. The van der Waals surface area contributed by atoms with E-state index in [-0.39, 0.29) is 22.9 Å². The first kappa shape index (κ1) is 27.5. The minimum atomic E-state index is -0.694. The largest absolute Gasteiger partial charge is 0.489 e. The molecule has 5 rings (SSSR count). The van der Waals surface area contributed by atoms with E-state index in [9.17, 15) is 9.90 Å². The van der Waals surface area contributed by atoms with Gasteiger partial charge in [-0.25, -0.2) is 4.98 Å². The van der Waals surface area contributed by atoms with Gasteiger partial charge in [0.2, 0.25) is 5.88 Å². The Bertz CT molecular complexity index is 1400. The fraction of sp³-hybridized carbons (Fsp3) is 0.438. The second-order valence-corrected chi connectivity index (χ2v) is 12.2. The van der Waals surface area contributed by atoms with Crippen molar-refractivity contribution in [3.63, 3.8) is 0 Å². The van der Waals surface area contributed by atoms with Crippen molar-refractivity contribution in [3.05, 3.63) is 75.9 Å². The Labute approximate surface area is 235 Å². The van der Waals surface area contributed by atoms with Gasteiger partial charge in [-0.05, 0) is 77.1 Å². The van der Waals surface area contributed by atoms with E-state index in [4.69, 9.17) is 25.8 Å². The molecule has 1 fully saturated rings. The first-order chi connectivity index (χ1) is 18.6. The number of benzene rings is 2. The topological polar surface area (TPSA) is 77.9 Å². The van der Waals surface area contributed by atoms with Gasteiger partial charge in [0.1, 0.15) is 12.4 Å². The van der Waals surface area contributed by atoms with Crippen LogP contribution in [0.4, 0.5) is 0 Å². The molecule has 2 aliphatic carbocycles. The summed E-state index contributed by atoms with van der Waals surface area (Å²) < 4.78 is 17.7.